The number of carbonyl (C=O) groups excluding carboxylic acids is 1. The van der Waals surface area contributed by atoms with Gasteiger partial charge in [0.15, 0.2) is 0 Å². The lowest BCUT2D eigenvalue weighted by Gasteiger charge is -2.27. The second kappa shape index (κ2) is 8.97. The molecule has 0 aliphatic carbocycles. The first kappa shape index (κ1) is 24.1. The molecule has 2 aromatic heterocycles. The summed E-state index contributed by atoms with van der Waals surface area (Å²) in [5, 5.41) is 0.545. The third kappa shape index (κ3) is 4.91. The van der Waals surface area contributed by atoms with Crippen LogP contribution in [0.15, 0.2) is 36.7 Å². The quantitative estimate of drug-likeness (QED) is 0.431. The van der Waals surface area contributed by atoms with E-state index in [1.807, 2.05) is 0 Å². The Morgan fingerprint density at radius 3 is 2.44 bits per heavy atom. The minimum atomic E-state index is -4.60. The predicted molar refractivity (Wildman–Crippen MR) is 112 cm³/mol. The van der Waals surface area contributed by atoms with E-state index in [9.17, 15) is 31.1 Å². The summed E-state index contributed by atoms with van der Waals surface area (Å²) in [6, 6.07) is 3.94. The van der Waals surface area contributed by atoms with Crippen molar-refractivity contribution in [2.75, 3.05) is 6.54 Å². The van der Waals surface area contributed by atoms with Crippen molar-refractivity contribution in [3.8, 4) is 10.4 Å². The normalized spacial score (nSPS) is 17.9. The minimum absolute atomic E-state index is 0.00240. The van der Waals surface area contributed by atoms with Crippen LogP contribution in [-0.2, 0) is 12.6 Å². The van der Waals surface area contributed by atoms with E-state index in [1.165, 1.54) is 35.6 Å². The SMILES string of the molecule is Cc1nc(C(=O)N2CCC(F)(F)[C@H]2CCc2ncc(C(F)(F)F)cn2)c(-c2ccc(F)cc2)s1. The molecule has 0 radical (unpaired) electrons. The van der Waals surface area contributed by atoms with Gasteiger partial charge < -0.3 is 4.90 Å². The first-order chi connectivity index (χ1) is 16.0. The number of hydrogen-bond donors (Lipinski definition) is 0. The van der Waals surface area contributed by atoms with Crippen LogP contribution in [0.4, 0.5) is 26.3 Å². The molecular formula is C22H18F6N4OS. The molecule has 0 unspecified atom stereocenters. The zero-order valence-corrected chi connectivity index (χ0v) is 18.6. The summed E-state index contributed by atoms with van der Waals surface area (Å²) < 4.78 is 80.7. The molecule has 1 saturated heterocycles. The van der Waals surface area contributed by atoms with Crippen LogP contribution < -0.4 is 0 Å². The van der Waals surface area contributed by atoms with Crippen molar-refractivity contribution >= 4 is 17.2 Å². The van der Waals surface area contributed by atoms with E-state index in [1.54, 1.807) is 6.92 Å². The molecular weight excluding hydrogens is 482 g/mol. The Labute approximate surface area is 194 Å². The predicted octanol–water partition coefficient (Wildman–Crippen LogP) is 5.55. The molecule has 4 rings (SSSR count). The summed E-state index contributed by atoms with van der Waals surface area (Å²) in [5.41, 5.74) is -0.495. The fraction of sp³-hybridized carbons (Fsp3) is 0.364. The Bertz CT molecular complexity index is 1180. The number of amides is 1. The maximum Gasteiger partial charge on any atom is 0.419 e. The van der Waals surface area contributed by atoms with Crippen LogP contribution in [0.1, 0.15) is 39.7 Å². The first-order valence-corrected chi connectivity index (χ1v) is 11.1. The van der Waals surface area contributed by atoms with Crippen LogP contribution in [0.5, 0.6) is 0 Å². The third-order valence-electron chi connectivity index (χ3n) is 5.53. The van der Waals surface area contributed by atoms with E-state index < -0.39 is 41.8 Å². The molecule has 3 aromatic rings. The highest BCUT2D eigenvalue weighted by Gasteiger charge is 2.51. The molecule has 0 N–H and O–H groups in total. The molecule has 3 heterocycles. The van der Waals surface area contributed by atoms with Gasteiger partial charge >= 0.3 is 6.18 Å². The zero-order chi connectivity index (χ0) is 24.7. The number of hydrogen-bond acceptors (Lipinski definition) is 5. The van der Waals surface area contributed by atoms with Gasteiger partial charge in [0.2, 0.25) is 0 Å². The van der Waals surface area contributed by atoms with Gasteiger partial charge in [-0.1, -0.05) is 12.1 Å². The number of halogens is 6. The lowest BCUT2D eigenvalue weighted by Crippen LogP contribution is -2.43. The molecule has 5 nitrogen and oxygen atoms in total. The highest BCUT2D eigenvalue weighted by atomic mass is 32.1. The number of rotatable bonds is 5. The highest BCUT2D eigenvalue weighted by molar-refractivity contribution is 7.15. The van der Waals surface area contributed by atoms with Crippen molar-refractivity contribution in [3.05, 3.63) is 64.6 Å². The van der Waals surface area contributed by atoms with Crippen molar-refractivity contribution in [3.63, 3.8) is 0 Å². The second-order valence-electron chi connectivity index (χ2n) is 7.87. The number of benzene rings is 1. The van der Waals surface area contributed by atoms with E-state index in [0.29, 0.717) is 27.8 Å². The van der Waals surface area contributed by atoms with Gasteiger partial charge in [-0.05, 0) is 31.0 Å². The Hall–Kier alpha value is -3.02. The molecule has 12 heteroatoms. The summed E-state index contributed by atoms with van der Waals surface area (Å²) in [6.45, 7) is 1.47. The van der Waals surface area contributed by atoms with Gasteiger partial charge in [0.05, 0.1) is 21.5 Å². The van der Waals surface area contributed by atoms with Gasteiger partial charge in [0.1, 0.15) is 17.3 Å². The Morgan fingerprint density at radius 1 is 1.18 bits per heavy atom. The summed E-state index contributed by atoms with van der Waals surface area (Å²) in [7, 11) is 0. The monoisotopic (exact) mass is 500 g/mol. The van der Waals surface area contributed by atoms with E-state index in [0.717, 1.165) is 4.90 Å². The van der Waals surface area contributed by atoms with Gasteiger partial charge in [0.25, 0.3) is 11.8 Å². The van der Waals surface area contributed by atoms with E-state index in [4.69, 9.17) is 0 Å². The lowest BCUT2D eigenvalue weighted by molar-refractivity contribution is -0.138. The fourth-order valence-electron chi connectivity index (χ4n) is 3.83. The fourth-order valence-corrected chi connectivity index (χ4v) is 4.75. The Kier molecular flexibility index (Phi) is 6.36. The maximum absolute atomic E-state index is 14.7. The molecule has 1 atom stereocenters. The van der Waals surface area contributed by atoms with E-state index in [-0.39, 0.29) is 30.9 Å². The molecule has 34 heavy (non-hydrogen) atoms. The number of nitrogens with zero attached hydrogens (tertiary/aromatic N) is 4. The van der Waals surface area contributed by atoms with Gasteiger partial charge in [-0.25, -0.2) is 28.1 Å². The summed E-state index contributed by atoms with van der Waals surface area (Å²) >= 11 is 1.19. The third-order valence-corrected chi connectivity index (χ3v) is 6.55. The molecule has 0 saturated carbocycles. The Balaban J connectivity index is 1.56. The number of aryl methyl sites for hydroxylation is 2. The Morgan fingerprint density at radius 2 is 1.82 bits per heavy atom. The molecule has 180 valence electrons. The second-order valence-corrected chi connectivity index (χ2v) is 9.07. The van der Waals surface area contributed by atoms with Crippen LogP contribution in [0.2, 0.25) is 0 Å². The molecule has 1 aromatic carbocycles. The van der Waals surface area contributed by atoms with Crippen LogP contribution in [0.25, 0.3) is 10.4 Å². The largest absolute Gasteiger partial charge is 0.419 e. The number of thiazole rings is 1. The number of aromatic nitrogens is 3. The average molecular weight is 500 g/mol. The number of likely N-dealkylation sites (tertiary alicyclic amines) is 1. The molecule has 1 aliphatic rings. The topological polar surface area (TPSA) is 59.0 Å². The van der Waals surface area contributed by atoms with Gasteiger partial charge in [-0.3, -0.25) is 4.79 Å². The first-order valence-electron chi connectivity index (χ1n) is 10.3. The van der Waals surface area contributed by atoms with Crippen LogP contribution >= 0.6 is 11.3 Å². The van der Waals surface area contributed by atoms with Crippen molar-refractivity contribution in [2.24, 2.45) is 0 Å². The van der Waals surface area contributed by atoms with Crippen LogP contribution in [0, 0.1) is 12.7 Å². The van der Waals surface area contributed by atoms with Crippen molar-refractivity contribution in [2.45, 2.75) is 44.3 Å². The standard InChI is InChI=1S/C22H18F6N4OS/c1-12-31-18(19(34-12)13-2-4-15(23)5-3-13)20(33)32-9-8-21(24,25)16(32)6-7-17-29-10-14(11-30-17)22(26,27)28/h2-5,10-11,16H,6-9H2,1H3/t16-/m1/s1. The molecule has 0 spiro atoms. The maximum atomic E-state index is 14.7. The molecule has 1 aliphatic heterocycles. The van der Waals surface area contributed by atoms with E-state index >= 15 is 0 Å². The number of alkyl halides is 5. The summed E-state index contributed by atoms with van der Waals surface area (Å²) in [4.78, 5) is 26.3. The molecule has 1 amide bonds. The van der Waals surface area contributed by atoms with Crippen molar-refractivity contribution in [1.29, 1.82) is 0 Å². The minimum Gasteiger partial charge on any atom is -0.328 e. The van der Waals surface area contributed by atoms with Crippen LogP contribution in [0.3, 0.4) is 0 Å². The van der Waals surface area contributed by atoms with E-state index in [2.05, 4.69) is 15.0 Å². The average Bonchev–Trinajstić information content (AvgIpc) is 3.31. The van der Waals surface area contributed by atoms with Crippen molar-refractivity contribution in [1.82, 2.24) is 19.9 Å². The molecule has 0 bridgehead atoms. The highest BCUT2D eigenvalue weighted by Crippen LogP contribution is 2.39. The van der Waals surface area contributed by atoms with Gasteiger partial charge in [0, 0.05) is 31.8 Å². The van der Waals surface area contributed by atoms with Gasteiger partial charge in [-0.15, -0.1) is 11.3 Å². The van der Waals surface area contributed by atoms with Gasteiger partial charge in [-0.2, -0.15) is 13.2 Å². The smallest absolute Gasteiger partial charge is 0.328 e. The zero-order valence-electron chi connectivity index (χ0n) is 17.7. The van der Waals surface area contributed by atoms with Crippen molar-refractivity contribution < 1.29 is 31.1 Å². The molecule has 1 fully saturated rings. The summed E-state index contributed by atoms with van der Waals surface area (Å²) in [5.74, 6) is -4.36. The lowest BCUT2D eigenvalue weighted by atomic mass is 10.0. The van der Waals surface area contributed by atoms with Crippen LogP contribution in [-0.4, -0.2) is 44.3 Å². The summed E-state index contributed by atoms with van der Waals surface area (Å²) in [6.07, 6.45) is -4.32. The number of carbonyl (C=O) groups is 1.